The highest BCUT2D eigenvalue weighted by Crippen LogP contribution is 2.44. The molecule has 0 aromatic rings. The maximum absolute atomic E-state index is 12.1. The summed E-state index contributed by atoms with van der Waals surface area (Å²) >= 11 is 0. The van der Waals surface area contributed by atoms with Gasteiger partial charge in [-0.05, 0) is 24.7 Å². The summed E-state index contributed by atoms with van der Waals surface area (Å²) in [6.07, 6.45) is 4.96. The van der Waals surface area contributed by atoms with Crippen LogP contribution < -0.4 is 5.32 Å². The van der Waals surface area contributed by atoms with Crippen molar-refractivity contribution in [1.82, 2.24) is 5.32 Å². The first kappa shape index (κ1) is 16.0. The minimum atomic E-state index is -0.807. The lowest BCUT2D eigenvalue weighted by atomic mass is 9.79. The fourth-order valence-electron chi connectivity index (χ4n) is 2.94. The molecule has 1 fully saturated rings. The van der Waals surface area contributed by atoms with Crippen LogP contribution >= 0.6 is 0 Å². The Balaban J connectivity index is 2.54. The van der Waals surface area contributed by atoms with Crippen LogP contribution in [0.1, 0.15) is 51.9 Å². The highest BCUT2D eigenvalue weighted by Gasteiger charge is 2.38. The molecular weight excluding hydrogens is 246 g/mol. The fraction of sp³-hybridized carbons (Fsp3) is 0.857. The van der Waals surface area contributed by atoms with Crippen LogP contribution in [0.15, 0.2) is 0 Å². The Morgan fingerprint density at radius 2 is 1.95 bits per heavy atom. The van der Waals surface area contributed by atoms with Crippen molar-refractivity contribution in [3.05, 3.63) is 0 Å². The predicted molar refractivity (Wildman–Crippen MR) is 71.9 cm³/mol. The zero-order valence-corrected chi connectivity index (χ0v) is 11.9. The van der Waals surface area contributed by atoms with Gasteiger partial charge in [0.2, 0.25) is 5.91 Å². The Labute approximate surface area is 114 Å². The smallest absolute Gasteiger partial charge is 0.303 e. The SMILES string of the molecule is CCC(COC)NC(=O)CC1(CC(=O)O)CCCC1. The summed E-state index contributed by atoms with van der Waals surface area (Å²) in [5.41, 5.74) is -0.332. The Morgan fingerprint density at radius 3 is 2.42 bits per heavy atom. The molecule has 0 radical (unpaired) electrons. The topological polar surface area (TPSA) is 75.6 Å². The Hall–Kier alpha value is -1.10. The summed E-state index contributed by atoms with van der Waals surface area (Å²) in [4.78, 5) is 23.0. The maximum atomic E-state index is 12.1. The van der Waals surface area contributed by atoms with Gasteiger partial charge in [0.15, 0.2) is 0 Å². The lowest BCUT2D eigenvalue weighted by Gasteiger charge is -2.27. The normalized spacial score (nSPS) is 19.1. The summed E-state index contributed by atoms with van der Waals surface area (Å²) in [6.45, 7) is 2.49. The number of nitrogens with one attached hydrogen (secondary N) is 1. The molecule has 19 heavy (non-hydrogen) atoms. The fourth-order valence-corrected chi connectivity index (χ4v) is 2.94. The van der Waals surface area contributed by atoms with Gasteiger partial charge < -0.3 is 15.2 Å². The summed E-state index contributed by atoms with van der Waals surface area (Å²) in [7, 11) is 1.61. The quantitative estimate of drug-likeness (QED) is 0.707. The third kappa shape index (κ3) is 5.19. The largest absolute Gasteiger partial charge is 0.481 e. The van der Waals surface area contributed by atoms with E-state index in [1.165, 1.54) is 0 Å². The van der Waals surface area contributed by atoms with Crippen LogP contribution in [0.5, 0.6) is 0 Å². The van der Waals surface area contributed by atoms with Crippen LogP contribution in [-0.2, 0) is 14.3 Å². The Kier molecular flexibility index (Phi) is 6.28. The average molecular weight is 271 g/mol. The summed E-state index contributed by atoms with van der Waals surface area (Å²) in [6, 6.07) is 0.0146. The van der Waals surface area contributed by atoms with Gasteiger partial charge in [-0.1, -0.05) is 19.8 Å². The number of carbonyl (C=O) groups is 2. The van der Waals surface area contributed by atoms with Crippen LogP contribution in [0.2, 0.25) is 0 Å². The van der Waals surface area contributed by atoms with E-state index in [0.29, 0.717) is 13.0 Å². The Morgan fingerprint density at radius 1 is 1.32 bits per heavy atom. The molecule has 0 bridgehead atoms. The van der Waals surface area contributed by atoms with Crippen molar-refractivity contribution < 1.29 is 19.4 Å². The molecule has 0 aromatic heterocycles. The molecule has 1 amide bonds. The number of rotatable bonds is 8. The van der Waals surface area contributed by atoms with E-state index in [1.807, 2.05) is 6.92 Å². The van der Waals surface area contributed by atoms with Crippen molar-refractivity contribution in [2.75, 3.05) is 13.7 Å². The molecule has 1 rings (SSSR count). The van der Waals surface area contributed by atoms with Crippen LogP contribution in [0.3, 0.4) is 0 Å². The summed E-state index contributed by atoms with van der Waals surface area (Å²) in [5, 5.41) is 11.9. The summed E-state index contributed by atoms with van der Waals surface area (Å²) in [5.74, 6) is -0.856. The molecule has 1 aliphatic carbocycles. The van der Waals surface area contributed by atoms with E-state index in [9.17, 15) is 9.59 Å². The molecule has 0 spiro atoms. The first-order chi connectivity index (χ1) is 9.01. The molecule has 0 aromatic carbocycles. The van der Waals surface area contributed by atoms with Gasteiger partial charge in [0, 0.05) is 13.5 Å². The zero-order valence-electron chi connectivity index (χ0n) is 11.9. The molecular formula is C14H25NO4. The van der Waals surface area contributed by atoms with Gasteiger partial charge >= 0.3 is 5.97 Å². The standard InChI is InChI=1S/C14H25NO4/c1-3-11(10-19-2)15-12(16)8-14(9-13(17)18)6-4-5-7-14/h11H,3-10H2,1-2H3,(H,15,16)(H,17,18). The number of carboxylic acids is 1. The van der Waals surface area contributed by atoms with Gasteiger partial charge in [-0.2, -0.15) is 0 Å². The van der Waals surface area contributed by atoms with Crippen LogP contribution in [0, 0.1) is 5.41 Å². The molecule has 0 aliphatic heterocycles. The molecule has 1 aliphatic rings. The minimum Gasteiger partial charge on any atom is -0.481 e. The van der Waals surface area contributed by atoms with Crippen molar-refractivity contribution in [3.63, 3.8) is 0 Å². The van der Waals surface area contributed by atoms with Gasteiger partial charge in [0.25, 0.3) is 0 Å². The van der Waals surface area contributed by atoms with E-state index in [2.05, 4.69) is 5.32 Å². The molecule has 2 N–H and O–H groups in total. The number of carboxylic acid groups (broad SMARTS) is 1. The van der Waals surface area contributed by atoms with Crippen LogP contribution in [0.25, 0.3) is 0 Å². The molecule has 1 saturated carbocycles. The van der Waals surface area contributed by atoms with Crippen molar-refractivity contribution >= 4 is 11.9 Å². The second-order valence-electron chi connectivity index (χ2n) is 5.58. The number of amides is 1. The minimum absolute atomic E-state index is 0.0146. The molecule has 1 atom stereocenters. The molecule has 5 nitrogen and oxygen atoms in total. The third-order valence-corrected chi connectivity index (χ3v) is 3.95. The van der Waals surface area contributed by atoms with Crippen LogP contribution in [0.4, 0.5) is 0 Å². The number of hydrogen-bond acceptors (Lipinski definition) is 3. The van der Waals surface area contributed by atoms with Gasteiger partial charge in [-0.3, -0.25) is 9.59 Å². The highest BCUT2D eigenvalue weighted by molar-refractivity contribution is 5.78. The molecule has 110 valence electrons. The van der Waals surface area contributed by atoms with Crippen LogP contribution in [-0.4, -0.2) is 36.7 Å². The third-order valence-electron chi connectivity index (χ3n) is 3.95. The van der Waals surface area contributed by atoms with E-state index in [-0.39, 0.29) is 23.8 Å². The van der Waals surface area contributed by atoms with E-state index in [1.54, 1.807) is 7.11 Å². The lowest BCUT2D eigenvalue weighted by Crippen LogP contribution is -2.40. The van der Waals surface area contributed by atoms with Gasteiger partial charge in [0.1, 0.15) is 0 Å². The van der Waals surface area contributed by atoms with Crippen molar-refractivity contribution in [2.24, 2.45) is 5.41 Å². The highest BCUT2D eigenvalue weighted by atomic mass is 16.5. The molecule has 1 unspecified atom stereocenters. The first-order valence-electron chi connectivity index (χ1n) is 7.01. The van der Waals surface area contributed by atoms with E-state index >= 15 is 0 Å². The number of methoxy groups -OCH3 is 1. The Bertz CT molecular complexity index is 311. The second kappa shape index (κ2) is 7.48. The summed E-state index contributed by atoms with van der Waals surface area (Å²) < 4.78 is 5.05. The van der Waals surface area contributed by atoms with E-state index in [0.717, 1.165) is 32.1 Å². The van der Waals surface area contributed by atoms with Crippen molar-refractivity contribution in [3.8, 4) is 0 Å². The number of ether oxygens (including phenoxy) is 1. The van der Waals surface area contributed by atoms with E-state index < -0.39 is 5.97 Å². The monoisotopic (exact) mass is 271 g/mol. The second-order valence-corrected chi connectivity index (χ2v) is 5.58. The molecule has 5 heteroatoms. The lowest BCUT2D eigenvalue weighted by molar-refractivity contribution is -0.140. The maximum Gasteiger partial charge on any atom is 0.303 e. The van der Waals surface area contributed by atoms with Gasteiger partial charge in [-0.15, -0.1) is 0 Å². The molecule has 0 heterocycles. The number of carbonyl (C=O) groups excluding carboxylic acids is 1. The van der Waals surface area contributed by atoms with Crippen molar-refractivity contribution in [2.45, 2.75) is 57.9 Å². The zero-order chi connectivity index (χ0) is 14.3. The van der Waals surface area contributed by atoms with Gasteiger partial charge in [0.05, 0.1) is 19.1 Å². The van der Waals surface area contributed by atoms with E-state index in [4.69, 9.17) is 9.84 Å². The number of aliphatic carboxylic acids is 1. The first-order valence-corrected chi connectivity index (χ1v) is 7.01. The van der Waals surface area contributed by atoms with Gasteiger partial charge in [-0.25, -0.2) is 0 Å². The van der Waals surface area contributed by atoms with Crippen molar-refractivity contribution in [1.29, 1.82) is 0 Å². The average Bonchev–Trinajstić information content (AvgIpc) is 2.75. The predicted octanol–water partition coefficient (Wildman–Crippen LogP) is 1.95. The number of hydrogen-bond donors (Lipinski definition) is 2. The molecule has 0 saturated heterocycles.